The molecule has 1 rings (SSSR count). The summed E-state index contributed by atoms with van der Waals surface area (Å²) in [7, 11) is 0. The highest BCUT2D eigenvalue weighted by molar-refractivity contribution is 5.94. The third kappa shape index (κ3) is 4.53. The molecule has 0 saturated heterocycles. The molecular formula is C15H20O2. The Labute approximate surface area is 103 Å². The molecule has 0 N–H and O–H groups in total. The Morgan fingerprint density at radius 1 is 1.24 bits per heavy atom. The van der Waals surface area contributed by atoms with Crippen molar-refractivity contribution in [2.45, 2.75) is 26.7 Å². The zero-order valence-corrected chi connectivity index (χ0v) is 10.7. The highest BCUT2D eigenvalue weighted by atomic mass is 16.5. The van der Waals surface area contributed by atoms with Crippen molar-refractivity contribution in [2.24, 2.45) is 0 Å². The van der Waals surface area contributed by atoms with Crippen molar-refractivity contribution >= 4 is 11.4 Å². The SMILES string of the molecule is C=C(COCCCC)c1ccc(C(C)=O)cc1. The van der Waals surface area contributed by atoms with Gasteiger partial charge >= 0.3 is 0 Å². The predicted molar refractivity (Wildman–Crippen MR) is 71.2 cm³/mol. The molecule has 92 valence electrons. The molecule has 0 spiro atoms. The van der Waals surface area contributed by atoms with E-state index in [1.54, 1.807) is 6.92 Å². The number of ketones is 1. The van der Waals surface area contributed by atoms with Gasteiger partial charge in [0, 0.05) is 12.2 Å². The van der Waals surface area contributed by atoms with Crippen LogP contribution >= 0.6 is 0 Å². The highest BCUT2D eigenvalue weighted by Gasteiger charge is 2.02. The van der Waals surface area contributed by atoms with E-state index in [2.05, 4.69) is 13.5 Å². The third-order valence-electron chi connectivity index (χ3n) is 2.62. The standard InChI is InChI=1S/C15H20O2/c1-4-5-10-17-11-12(2)14-6-8-15(9-7-14)13(3)16/h6-9H,2,4-5,10-11H2,1,3H3. The number of Topliss-reactive ketones (excluding diaryl/α,β-unsaturated/α-hetero) is 1. The first-order valence-electron chi connectivity index (χ1n) is 6.02. The number of benzene rings is 1. The van der Waals surface area contributed by atoms with Gasteiger partial charge in [-0.15, -0.1) is 0 Å². The maximum Gasteiger partial charge on any atom is 0.159 e. The van der Waals surface area contributed by atoms with Gasteiger partial charge in [0.25, 0.3) is 0 Å². The molecule has 0 atom stereocenters. The Bertz CT molecular complexity index is 376. The average Bonchev–Trinajstić information content (AvgIpc) is 2.34. The summed E-state index contributed by atoms with van der Waals surface area (Å²) in [4.78, 5) is 11.1. The van der Waals surface area contributed by atoms with E-state index in [4.69, 9.17) is 4.74 Å². The van der Waals surface area contributed by atoms with Crippen LogP contribution in [0.4, 0.5) is 0 Å². The molecule has 0 aliphatic carbocycles. The van der Waals surface area contributed by atoms with Gasteiger partial charge in [-0.2, -0.15) is 0 Å². The Morgan fingerprint density at radius 2 is 1.82 bits per heavy atom. The minimum atomic E-state index is 0.0846. The number of unbranched alkanes of at least 4 members (excludes halogenated alkanes) is 1. The van der Waals surface area contributed by atoms with Crippen molar-refractivity contribution in [2.75, 3.05) is 13.2 Å². The van der Waals surface area contributed by atoms with Crippen LogP contribution in [0.5, 0.6) is 0 Å². The van der Waals surface area contributed by atoms with E-state index in [1.165, 1.54) is 0 Å². The average molecular weight is 232 g/mol. The summed E-state index contributed by atoms with van der Waals surface area (Å²) in [6, 6.07) is 7.49. The number of rotatable bonds is 7. The molecule has 2 heteroatoms. The lowest BCUT2D eigenvalue weighted by molar-refractivity contribution is 0.101. The Balaban J connectivity index is 2.49. The lowest BCUT2D eigenvalue weighted by Crippen LogP contribution is -1.99. The predicted octanol–water partition coefficient (Wildman–Crippen LogP) is 3.72. The molecule has 0 aliphatic heterocycles. The minimum absolute atomic E-state index is 0.0846. The number of carbonyl (C=O) groups is 1. The fourth-order valence-corrected chi connectivity index (χ4v) is 1.47. The monoisotopic (exact) mass is 232 g/mol. The van der Waals surface area contributed by atoms with Gasteiger partial charge in [0.15, 0.2) is 5.78 Å². The summed E-state index contributed by atoms with van der Waals surface area (Å²) in [6.45, 7) is 9.03. The van der Waals surface area contributed by atoms with Crippen molar-refractivity contribution in [3.63, 3.8) is 0 Å². The van der Waals surface area contributed by atoms with E-state index in [1.807, 2.05) is 24.3 Å². The van der Waals surface area contributed by atoms with Crippen LogP contribution in [0.15, 0.2) is 30.8 Å². The molecule has 17 heavy (non-hydrogen) atoms. The normalized spacial score (nSPS) is 10.2. The van der Waals surface area contributed by atoms with E-state index in [0.717, 1.165) is 36.1 Å². The Kier molecular flexibility index (Phi) is 5.64. The van der Waals surface area contributed by atoms with Gasteiger partial charge in [-0.3, -0.25) is 4.79 Å². The molecular weight excluding hydrogens is 212 g/mol. The molecule has 0 fully saturated rings. The zero-order valence-electron chi connectivity index (χ0n) is 10.7. The Hall–Kier alpha value is -1.41. The summed E-state index contributed by atoms with van der Waals surface area (Å²) < 4.78 is 5.50. The van der Waals surface area contributed by atoms with Gasteiger partial charge in [0.05, 0.1) is 6.61 Å². The van der Waals surface area contributed by atoms with Gasteiger partial charge in [0.2, 0.25) is 0 Å². The maximum atomic E-state index is 11.1. The largest absolute Gasteiger partial charge is 0.377 e. The van der Waals surface area contributed by atoms with E-state index in [-0.39, 0.29) is 5.78 Å². The lowest BCUT2D eigenvalue weighted by Gasteiger charge is -2.07. The van der Waals surface area contributed by atoms with Crippen LogP contribution in [-0.2, 0) is 4.74 Å². The van der Waals surface area contributed by atoms with Crippen molar-refractivity contribution in [1.82, 2.24) is 0 Å². The second kappa shape index (κ2) is 7.02. The highest BCUT2D eigenvalue weighted by Crippen LogP contribution is 2.14. The molecule has 0 radical (unpaired) electrons. The van der Waals surface area contributed by atoms with Crippen molar-refractivity contribution < 1.29 is 9.53 Å². The van der Waals surface area contributed by atoms with E-state index >= 15 is 0 Å². The molecule has 2 nitrogen and oxygen atoms in total. The van der Waals surface area contributed by atoms with Crippen LogP contribution in [0.3, 0.4) is 0 Å². The van der Waals surface area contributed by atoms with E-state index in [9.17, 15) is 4.79 Å². The van der Waals surface area contributed by atoms with Crippen LogP contribution in [-0.4, -0.2) is 19.0 Å². The van der Waals surface area contributed by atoms with Gasteiger partial charge < -0.3 is 4.74 Å². The topological polar surface area (TPSA) is 26.3 Å². The van der Waals surface area contributed by atoms with Crippen LogP contribution in [0.2, 0.25) is 0 Å². The first kappa shape index (κ1) is 13.7. The Morgan fingerprint density at radius 3 is 2.35 bits per heavy atom. The third-order valence-corrected chi connectivity index (χ3v) is 2.62. The second-order valence-electron chi connectivity index (χ2n) is 4.14. The molecule has 0 aliphatic rings. The van der Waals surface area contributed by atoms with Gasteiger partial charge in [-0.1, -0.05) is 44.2 Å². The molecule has 0 saturated carbocycles. The summed E-state index contributed by atoms with van der Waals surface area (Å²) in [5.41, 5.74) is 2.72. The quantitative estimate of drug-likeness (QED) is 0.529. The number of hydrogen-bond donors (Lipinski definition) is 0. The van der Waals surface area contributed by atoms with E-state index in [0.29, 0.717) is 6.61 Å². The number of ether oxygens (including phenoxy) is 1. The van der Waals surface area contributed by atoms with Crippen LogP contribution < -0.4 is 0 Å². The first-order chi connectivity index (χ1) is 8.15. The molecule has 1 aromatic rings. The van der Waals surface area contributed by atoms with E-state index < -0.39 is 0 Å². The van der Waals surface area contributed by atoms with Crippen LogP contribution in [0, 0.1) is 0 Å². The van der Waals surface area contributed by atoms with Crippen molar-refractivity contribution in [1.29, 1.82) is 0 Å². The smallest absolute Gasteiger partial charge is 0.159 e. The van der Waals surface area contributed by atoms with Gasteiger partial charge in [-0.25, -0.2) is 0 Å². The molecule has 0 unspecified atom stereocenters. The van der Waals surface area contributed by atoms with Gasteiger partial charge in [0.1, 0.15) is 0 Å². The summed E-state index contributed by atoms with van der Waals surface area (Å²) in [5, 5.41) is 0. The fraction of sp³-hybridized carbons (Fsp3) is 0.400. The zero-order chi connectivity index (χ0) is 12.7. The number of hydrogen-bond acceptors (Lipinski definition) is 2. The van der Waals surface area contributed by atoms with Gasteiger partial charge in [-0.05, 0) is 24.5 Å². The minimum Gasteiger partial charge on any atom is -0.377 e. The lowest BCUT2D eigenvalue weighted by atomic mass is 10.0. The maximum absolute atomic E-state index is 11.1. The van der Waals surface area contributed by atoms with Crippen LogP contribution in [0.25, 0.3) is 5.57 Å². The molecule has 0 bridgehead atoms. The summed E-state index contributed by atoms with van der Waals surface area (Å²) in [5.74, 6) is 0.0846. The molecule has 0 heterocycles. The fourth-order valence-electron chi connectivity index (χ4n) is 1.47. The molecule has 1 aromatic carbocycles. The first-order valence-corrected chi connectivity index (χ1v) is 6.02. The van der Waals surface area contributed by atoms with Crippen molar-refractivity contribution in [3.8, 4) is 0 Å². The second-order valence-corrected chi connectivity index (χ2v) is 4.14. The summed E-state index contributed by atoms with van der Waals surface area (Å²) >= 11 is 0. The number of carbonyl (C=O) groups excluding carboxylic acids is 1. The van der Waals surface area contributed by atoms with Crippen LogP contribution in [0.1, 0.15) is 42.6 Å². The molecule has 0 aromatic heterocycles. The van der Waals surface area contributed by atoms with Crippen molar-refractivity contribution in [3.05, 3.63) is 42.0 Å². The summed E-state index contributed by atoms with van der Waals surface area (Å²) in [6.07, 6.45) is 2.22. The molecule has 0 amide bonds.